The normalized spacial score (nSPS) is 41.1. The lowest BCUT2D eigenvalue weighted by atomic mass is 9.55. The van der Waals surface area contributed by atoms with Crippen molar-refractivity contribution >= 4 is 12.9 Å². The lowest BCUT2D eigenvalue weighted by Gasteiger charge is -2.50. The Balaban J connectivity index is 1.68. The molecule has 3 aliphatic rings. The molecule has 2 fully saturated rings. The van der Waals surface area contributed by atoms with Gasteiger partial charge in [0.25, 0.3) is 0 Å². The van der Waals surface area contributed by atoms with Gasteiger partial charge in [0.2, 0.25) is 0 Å². The third-order valence-electron chi connectivity index (χ3n) is 6.75. The van der Waals surface area contributed by atoms with Crippen molar-refractivity contribution in [3.8, 4) is 5.75 Å². The van der Waals surface area contributed by atoms with Crippen molar-refractivity contribution in [3.05, 3.63) is 29.3 Å². The summed E-state index contributed by atoms with van der Waals surface area (Å²) >= 11 is 3.91. The van der Waals surface area contributed by atoms with E-state index in [1.807, 2.05) is 6.07 Å². The minimum Gasteiger partial charge on any atom is -0.429 e. The molecule has 1 aromatic rings. The Morgan fingerprint density at radius 3 is 2.90 bits per heavy atom. The van der Waals surface area contributed by atoms with E-state index in [4.69, 9.17) is 4.18 Å². The zero-order valence-electron chi connectivity index (χ0n) is 12.6. The zero-order valence-corrected chi connectivity index (χ0v) is 13.5. The fraction of sp³-hybridized carbons (Fsp3) is 0.667. The molecule has 3 aliphatic carbocycles. The number of hydrogen-bond donors (Lipinski definition) is 2. The van der Waals surface area contributed by atoms with E-state index in [-0.39, 0.29) is 11.5 Å². The van der Waals surface area contributed by atoms with Gasteiger partial charge in [0, 0.05) is 12.9 Å². The average molecular weight is 304 g/mol. The van der Waals surface area contributed by atoms with Crippen LogP contribution in [0.2, 0.25) is 0 Å². The molecule has 0 spiro atoms. The first-order valence-electron chi connectivity index (χ1n) is 8.26. The molecular formula is C18H24O2S. The van der Waals surface area contributed by atoms with Gasteiger partial charge in [-0.2, -0.15) is 0 Å². The van der Waals surface area contributed by atoms with Gasteiger partial charge in [-0.3, -0.25) is 0 Å². The Hall–Kier alpha value is -0.670. The van der Waals surface area contributed by atoms with Crippen LogP contribution in [0.1, 0.15) is 56.1 Å². The van der Waals surface area contributed by atoms with Crippen LogP contribution >= 0.6 is 12.9 Å². The first kappa shape index (κ1) is 14.0. The number of benzene rings is 1. The summed E-state index contributed by atoms with van der Waals surface area (Å²) in [5.74, 6) is 3.01. The predicted octanol–water partition coefficient (Wildman–Crippen LogP) is 4.13. The molecule has 4 rings (SSSR count). The van der Waals surface area contributed by atoms with Crippen molar-refractivity contribution in [2.75, 3.05) is 0 Å². The molecule has 0 heterocycles. The Morgan fingerprint density at radius 1 is 1.24 bits per heavy atom. The van der Waals surface area contributed by atoms with E-state index < -0.39 is 0 Å². The molecule has 114 valence electrons. The number of hydrogen-bond acceptors (Lipinski definition) is 3. The molecule has 2 saturated carbocycles. The van der Waals surface area contributed by atoms with Crippen LogP contribution < -0.4 is 4.18 Å². The third-order valence-corrected chi connectivity index (χ3v) is 6.96. The quantitative estimate of drug-likeness (QED) is 0.603. The van der Waals surface area contributed by atoms with Crippen LogP contribution in [0, 0.1) is 17.3 Å². The first-order valence-corrected chi connectivity index (χ1v) is 8.62. The summed E-state index contributed by atoms with van der Waals surface area (Å²) in [5, 5.41) is 10.4. The van der Waals surface area contributed by atoms with Gasteiger partial charge >= 0.3 is 0 Å². The second-order valence-electron chi connectivity index (χ2n) is 7.51. The highest BCUT2D eigenvalue weighted by Gasteiger charge is 2.54. The highest BCUT2D eigenvalue weighted by molar-refractivity contribution is 7.75. The molecule has 0 saturated heterocycles. The topological polar surface area (TPSA) is 29.5 Å². The van der Waals surface area contributed by atoms with Crippen molar-refractivity contribution in [1.29, 1.82) is 0 Å². The summed E-state index contributed by atoms with van der Waals surface area (Å²) in [4.78, 5) is 0. The van der Waals surface area contributed by atoms with E-state index in [0.717, 1.165) is 24.5 Å². The fourth-order valence-electron chi connectivity index (χ4n) is 5.59. The van der Waals surface area contributed by atoms with Crippen LogP contribution in [-0.4, -0.2) is 11.2 Å². The molecule has 0 radical (unpaired) electrons. The van der Waals surface area contributed by atoms with Gasteiger partial charge in [0.05, 0.1) is 6.10 Å². The Kier molecular flexibility index (Phi) is 3.27. The molecule has 0 aromatic heterocycles. The molecule has 2 unspecified atom stereocenters. The molecular weight excluding hydrogens is 280 g/mol. The Bertz CT molecular complexity index is 558. The molecule has 0 amide bonds. The van der Waals surface area contributed by atoms with E-state index >= 15 is 0 Å². The van der Waals surface area contributed by atoms with E-state index in [0.29, 0.717) is 11.8 Å². The molecule has 1 aromatic carbocycles. The number of aryl methyl sites for hydroxylation is 1. The van der Waals surface area contributed by atoms with E-state index in [1.54, 1.807) is 0 Å². The number of thiol groups is 1. The molecule has 5 atom stereocenters. The lowest BCUT2D eigenvalue weighted by Crippen LogP contribution is -2.43. The van der Waals surface area contributed by atoms with Crippen molar-refractivity contribution in [1.82, 2.24) is 0 Å². The SMILES string of the molecule is C[C@]12CCC3c4ccc(OS)cc4CC[C@H]3C1CC[C@@H]2O. The summed E-state index contributed by atoms with van der Waals surface area (Å²) in [5.41, 5.74) is 3.15. The predicted molar refractivity (Wildman–Crippen MR) is 86.7 cm³/mol. The molecule has 0 bridgehead atoms. The van der Waals surface area contributed by atoms with Crippen molar-refractivity contribution in [3.63, 3.8) is 0 Å². The molecule has 1 N–H and O–H groups in total. The third kappa shape index (κ3) is 1.97. The Morgan fingerprint density at radius 2 is 2.10 bits per heavy atom. The second kappa shape index (κ2) is 4.92. The summed E-state index contributed by atoms with van der Waals surface area (Å²) < 4.78 is 5.08. The summed E-state index contributed by atoms with van der Waals surface area (Å²) in [6.07, 6.45) is 6.94. The van der Waals surface area contributed by atoms with Crippen LogP contribution in [0.3, 0.4) is 0 Å². The Labute approximate surface area is 132 Å². The zero-order chi connectivity index (χ0) is 14.6. The summed E-state index contributed by atoms with van der Waals surface area (Å²) in [6.45, 7) is 2.33. The van der Waals surface area contributed by atoms with Crippen molar-refractivity contribution in [2.24, 2.45) is 17.3 Å². The fourth-order valence-corrected chi connectivity index (χ4v) is 5.70. The number of aliphatic hydroxyl groups is 1. The number of aliphatic hydroxyl groups excluding tert-OH is 1. The highest BCUT2D eigenvalue weighted by Crippen LogP contribution is 2.60. The monoisotopic (exact) mass is 304 g/mol. The van der Waals surface area contributed by atoms with Crippen molar-refractivity contribution in [2.45, 2.75) is 57.5 Å². The van der Waals surface area contributed by atoms with Crippen LogP contribution in [0.4, 0.5) is 0 Å². The van der Waals surface area contributed by atoms with Crippen LogP contribution in [0.25, 0.3) is 0 Å². The van der Waals surface area contributed by atoms with Gasteiger partial charge in [-0.05, 0) is 85.0 Å². The van der Waals surface area contributed by atoms with Gasteiger partial charge < -0.3 is 9.29 Å². The highest BCUT2D eigenvalue weighted by atomic mass is 32.1. The van der Waals surface area contributed by atoms with Crippen LogP contribution in [-0.2, 0) is 6.42 Å². The maximum absolute atomic E-state index is 10.4. The number of rotatable bonds is 1. The van der Waals surface area contributed by atoms with Crippen LogP contribution in [0.15, 0.2) is 18.2 Å². The molecule has 21 heavy (non-hydrogen) atoms. The van der Waals surface area contributed by atoms with Crippen molar-refractivity contribution < 1.29 is 9.29 Å². The maximum Gasteiger partial charge on any atom is 0.137 e. The molecule has 2 nitrogen and oxygen atoms in total. The summed E-state index contributed by atoms with van der Waals surface area (Å²) in [6, 6.07) is 6.47. The first-order chi connectivity index (χ1) is 10.1. The van der Waals surface area contributed by atoms with Gasteiger partial charge in [-0.15, -0.1) is 0 Å². The lowest BCUT2D eigenvalue weighted by molar-refractivity contribution is -0.0226. The minimum absolute atomic E-state index is 0.0789. The number of fused-ring (bicyclic) bond motifs is 5. The standard InChI is InChI=1S/C18H24O2S/c1-18-9-8-14-13-5-3-12(20-21)10-11(13)2-4-15(14)16(18)6-7-17(18)19/h3,5,10,14-17,19,21H,2,4,6-9H2,1H3/t14?,15-,16?,17+,18+/m1/s1. The van der Waals surface area contributed by atoms with Gasteiger partial charge in [0.15, 0.2) is 0 Å². The maximum atomic E-state index is 10.4. The van der Waals surface area contributed by atoms with Gasteiger partial charge in [-0.1, -0.05) is 13.0 Å². The summed E-state index contributed by atoms with van der Waals surface area (Å²) in [7, 11) is 0. The van der Waals surface area contributed by atoms with Gasteiger partial charge in [0.1, 0.15) is 5.75 Å². The molecule has 3 heteroatoms. The van der Waals surface area contributed by atoms with Crippen LogP contribution in [0.5, 0.6) is 5.75 Å². The molecule has 0 aliphatic heterocycles. The largest absolute Gasteiger partial charge is 0.429 e. The second-order valence-corrected chi connectivity index (χ2v) is 7.69. The van der Waals surface area contributed by atoms with E-state index in [2.05, 4.69) is 32.0 Å². The van der Waals surface area contributed by atoms with E-state index in [9.17, 15) is 5.11 Å². The van der Waals surface area contributed by atoms with Gasteiger partial charge in [-0.25, -0.2) is 0 Å². The van der Waals surface area contributed by atoms with E-state index in [1.165, 1.54) is 36.8 Å². The average Bonchev–Trinajstić information content (AvgIpc) is 2.82. The minimum atomic E-state index is -0.0789. The smallest absolute Gasteiger partial charge is 0.137 e.